The third-order valence-electron chi connectivity index (χ3n) is 2.66. The summed E-state index contributed by atoms with van der Waals surface area (Å²) in [6, 6.07) is 5.56. The quantitative estimate of drug-likeness (QED) is 0.599. The molecular weight excluding hydrogens is 178 g/mol. The molecule has 14 heavy (non-hydrogen) atoms. The van der Waals surface area contributed by atoms with Gasteiger partial charge in [-0.25, -0.2) is 0 Å². The van der Waals surface area contributed by atoms with E-state index in [4.69, 9.17) is 0 Å². The largest absolute Gasteiger partial charge is 0.506 e. The number of nitrogens with zero attached hydrogens (tertiary/aromatic N) is 2. The van der Waals surface area contributed by atoms with E-state index in [2.05, 4.69) is 15.2 Å². The van der Waals surface area contributed by atoms with E-state index in [0.717, 1.165) is 30.3 Å². The fraction of sp³-hybridized carbons (Fsp3) is 0.300. The summed E-state index contributed by atoms with van der Waals surface area (Å²) < 4.78 is 0. The number of aliphatic imine (C=N–C) groups is 1. The molecule has 2 N–H and O–H groups in total. The number of para-hydroxylation sites is 1. The Morgan fingerprint density at radius 3 is 3.29 bits per heavy atom. The topological polar surface area (TPSA) is 47.9 Å². The molecule has 2 aliphatic rings. The van der Waals surface area contributed by atoms with Crippen molar-refractivity contribution < 1.29 is 5.11 Å². The number of nitrogens with one attached hydrogen (secondary N) is 1. The van der Waals surface area contributed by atoms with Crippen LogP contribution >= 0.6 is 0 Å². The molecule has 4 nitrogen and oxygen atoms in total. The minimum Gasteiger partial charge on any atom is -0.506 e. The third-order valence-corrected chi connectivity index (χ3v) is 2.66. The highest BCUT2D eigenvalue weighted by atomic mass is 16.3. The molecule has 3 rings (SSSR count). The van der Waals surface area contributed by atoms with Crippen LogP contribution in [0.25, 0.3) is 0 Å². The van der Waals surface area contributed by atoms with Crippen LogP contribution < -0.4 is 10.2 Å². The van der Waals surface area contributed by atoms with Crippen LogP contribution in [0.2, 0.25) is 0 Å². The number of aromatic hydroxyl groups is 1. The fourth-order valence-electron chi connectivity index (χ4n) is 2.01. The molecule has 0 aliphatic carbocycles. The summed E-state index contributed by atoms with van der Waals surface area (Å²) in [5.41, 5.74) is 1.86. The number of phenolic OH excluding ortho intramolecular Hbond substituents is 1. The Morgan fingerprint density at radius 1 is 1.43 bits per heavy atom. The second kappa shape index (κ2) is 2.64. The van der Waals surface area contributed by atoms with E-state index in [9.17, 15) is 5.11 Å². The molecule has 0 amide bonds. The molecule has 0 radical (unpaired) electrons. The lowest BCUT2D eigenvalue weighted by atomic mass is 10.2. The van der Waals surface area contributed by atoms with Gasteiger partial charge >= 0.3 is 0 Å². The Morgan fingerprint density at radius 2 is 2.36 bits per heavy atom. The number of hydrogen-bond acceptors (Lipinski definition) is 4. The number of hydrogen-bond donors (Lipinski definition) is 2. The highest BCUT2D eigenvalue weighted by molar-refractivity contribution is 6.08. The molecule has 0 unspecified atom stereocenters. The van der Waals surface area contributed by atoms with Crippen molar-refractivity contribution in [2.75, 3.05) is 29.9 Å². The van der Waals surface area contributed by atoms with Gasteiger partial charge in [-0.3, -0.25) is 4.99 Å². The molecule has 2 aliphatic heterocycles. The molecule has 2 heterocycles. The lowest BCUT2D eigenvalue weighted by Crippen LogP contribution is -2.37. The van der Waals surface area contributed by atoms with E-state index in [1.165, 1.54) is 0 Å². The van der Waals surface area contributed by atoms with Gasteiger partial charge in [-0.2, -0.15) is 0 Å². The Kier molecular flexibility index (Phi) is 1.45. The first-order valence-corrected chi connectivity index (χ1v) is 4.73. The molecule has 1 aromatic carbocycles. The van der Waals surface area contributed by atoms with E-state index in [-0.39, 0.29) is 0 Å². The van der Waals surface area contributed by atoms with Gasteiger partial charge in [0.1, 0.15) is 17.3 Å². The van der Waals surface area contributed by atoms with Crippen LogP contribution in [0.15, 0.2) is 23.2 Å². The van der Waals surface area contributed by atoms with Crippen molar-refractivity contribution in [1.82, 2.24) is 0 Å². The normalized spacial score (nSPS) is 18.3. The van der Waals surface area contributed by atoms with Gasteiger partial charge in [-0.15, -0.1) is 0 Å². The standard InChI is InChI=1S/C10H11N3O/c14-8-3-1-2-7-10(8)12-6-9-11-4-5-13(7)9/h1-3,12,14H,4-6H2. The van der Waals surface area contributed by atoms with Crippen LogP contribution in [0.4, 0.5) is 11.4 Å². The first-order valence-electron chi connectivity index (χ1n) is 4.73. The maximum absolute atomic E-state index is 9.65. The minimum atomic E-state index is 0.313. The van der Waals surface area contributed by atoms with Crippen molar-refractivity contribution >= 4 is 17.2 Å². The summed E-state index contributed by atoms with van der Waals surface area (Å²) in [5.74, 6) is 1.39. The number of amidine groups is 1. The van der Waals surface area contributed by atoms with Crippen molar-refractivity contribution in [3.63, 3.8) is 0 Å². The zero-order chi connectivity index (χ0) is 9.54. The molecule has 4 heteroatoms. The monoisotopic (exact) mass is 189 g/mol. The van der Waals surface area contributed by atoms with E-state index in [1.807, 2.05) is 12.1 Å². The number of phenols is 1. The second-order valence-corrected chi connectivity index (χ2v) is 3.47. The molecule has 0 spiro atoms. The molecule has 0 saturated carbocycles. The SMILES string of the molecule is Oc1cccc2c1NCC1=NCCN12. The van der Waals surface area contributed by atoms with Crippen molar-refractivity contribution in [2.24, 2.45) is 4.99 Å². The summed E-state index contributed by atoms with van der Waals surface area (Å²) in [4.78, 5) is 6.54. The molecule has 0 atom stereocenters. The highest BCUT2D eigenvalue weighted by Gasteiger charge is 2.26. The van der Waals surface area contributed by atoms with Crippen LogP contribution in [0.1, 0.15) is 0 Å². The summed E-state index contributed by atoms with van der Waals surface area (Å²) in [6.07, 6.45) is 0. The Balaban J connectivity index is 2.15. The first kappa shape index (κ1) is 7.67. The summed E-state index contributed by atoms with van der Waals surface area (Å²) >= 11 is 0. The maximum Gasteiger partial charge on any atom is 0.140 e. The number of fused-ring (bicyclic) bond motifs is 3. The molecule has 0 fully saturated rings. The van der Waals surface area contributed by atoms with E-state index in [1.54, 1.807) is 6.07 Å². The zero-order valence-electron chi connectivity index (χ0n) is 7.70. The molecular formula is C10H11N3O. The van der Waals surface area contributed by atoms with Gasteiger partial charge in [0.15, 0.2) is 0 Å². The highest BCUT2D eigenvalue weighted by Crippen LogP contribution is 2.37. The third kappa shape index (κ3) is 0.907. The van der Waals surface area contributed by atoms with Crippen molar-refractivity contribution in [3.05, 3.63) is 18.2 Å². The van der Waals surface area contributed by atoms with Crippen molar-refractivity contribution in [3.8, 4) is 5.75 Å². The molecule has 0 bridgehead atoms. The van der Waals surface area contributed by atoms with Crippen LogP contribution in [-0.4, -0.2) is 30.6 Å². The van der Waals surface area contributed by atoms with Gasteiger partial charge in [0.2, 0.25) is 0 Å². The predicted molar refractivity (Wildman–Crippen MR) is 56.2 cm³/mol. The number of anilines is 2. The lowest BCUT2D eigenvalue weighted by Gasteiger charge is -2.29. The van der Waals surface area contributed by atoms with Gasteiger partial charge in [0.25, 0.3) is 0 Å². The van der Waals surface area contributed by atoms with Gasteiger partial charge in [0, 0.05) is 6.54 Å². The molecule has 0 aromatic heterocycles. The Hall–Kier alpha value is -1.71. The van der Waals surface area contributed by atoms with Crippen LogP contribution in [0.3, 0.4) is 0 Å². The molecule has 1 aromatic rings. The predicted octanol–water partition coefficient (Wildman–Crippen LogP) is 1.04. The van der Waals surface area contributed by atoms with Crippen LogP contribution in [-0.2, 0) is 0 Å². The van der Waals surface area contributed by atoms with Crippen molar-refractivity contribution in [2.45, 2.75) is 0 Å². The van der Waals surface area contributed by atoms with Gasteiger partial charge in [-0.05, 0) is 12.1 Å². The Bertz CT molecular complexity index is 414. The lowest BCUT2D eigenvalue weighted by molar-refractivity contribution is 0.477. The fourth-order valence-corrected chi connectivity index (χ4v) is 2.01. The molecule has 72 valence electrons. The average Bonchev–Trinajstić information content (AvgIpc) is 2.66. The van der Waals surface area contributed by atoms with E-state index in [0.29, 0.717) is 12.3 Å². The van der Waals surface area contributed by atoms with Crippen LogP contribution in [0.5, 0.6) is 5.75 Å². The van der Waals surface area contributed by atoms with Crippen LogP contribution in [0, 0.1) is 0 Å². The summed E-state index contributed by atoms with van der Waals surface area (Å²) in [5, 5.41) is 12.8. The van der Waals surface area contributed by atoms with E-state index >= 15 is 0 Å². The smallest absolute Gasteiger partial charge is 0.140 e. The van der Waals surface area contributed by atoms with E-state index < -0.39 is 0 Å². The summed E-state index contributed by atoms with van der Waals surface area (Å²) in [6.45, 7) is 2.49. The van der Waals surface area contributed by atoms with Gasteiger partial charge in [0.05, 0.1) is 18.8 Å². The minimum absolute atomic E-state index is 0.313. The van der Waals surface area contributed by atoms with Gasteiger partial charge < -0.3 is 15.3 Å². The average molecular weight is 189 g/mol. The zero-order valence-corrected chi connectivity index (χ0v) is 7.70. The first-order chi connectivity index (χ1) is 6.86. The second-order valence-electron chi connectivity index (χ2n) is 3.47. The summed E-state index contributed by atoms with van der Waals surface area (Å²) in [7, 11) is 0. The number of benzene rings is 1. The number of rotatable bonds is 0. The Labute approximate surface area is 81.9 Å². The maximum atomic E-state index is 9.65. The van der Waals surface area contributed by atoms with Gasteiger partial charge in [-0.1, -0.05) is 6.07 Å². The van der Waals surface area contributed by atoms with Crippen molar-refractivity contribution in [1.29, 1.82) is 0 Å². The molecule has 0 saturated heterocycles.